The van der Waals surface area contributed by atoms with E-state index in [1.807, 2.05) is 36.4 Å². The van der Waals surface area contributed by atoms with Gasteiger partial charge in [-0.1, -0.05) is 24.3 Å². The number of carbonyl (C=O) groups is 1. The van der Waals surface area contributed by atoms with Crippen LogP contribution in [-0.4, -0.2) is 45.0 Å². The topological polar surface area (TPSA) is 102 Å². The second kappa shape index (κ2) is 10.8. The van der Waals surface area contributed by atoms with Crippen LogP contribution in [0.15, 0.2) is 48.5 Å². The number of benzene rings is 2. The lowest BCUT2D eigenvalue weighted by molar-refractivity contribution is -0.149. The minimum Gasteiger partial charge on any atom is -0.479 e. The maximum atomic E-state index is 11.2. The predicted octanol–water partition coefficient (Wildman–Crippen LogP) is 3.10. The van der Waals surface area contributed by atoms with E-state index in [9.17, 15) is 18.3 Å². The fraction of sp³-hybridized carbons (Fsp3) is 0.381. The number of carboxylic acid groups (broad SMARTS) is 1. The molecule has 0 aliphatic rings. The molecule has 0 fully saturated rings. The van der Waals surface area contributed by atoms with Gasteiger partial charge in [0.15, 0.2) is 6.10 Å². The Balaban J connectivity index is 1.81. The van der Waals surface area contributed by atoms with Crippen molar-refractivity contribution in [1.29, 1.82) is 0 Å². The monoisotopic (exact) mass is 421 g/mol. The molecular formula is C21H27NO6S. The van der Waals surface area contributed by atoms with Crippen LogP contribution in [0.1, 0.15) is 24.5 Å². The molecule has 1 atom stereocenters. The summed E-state index contributed by atoms with van der Waals surface area (Å²) in [6.45, 7) is 2.88. The summed E-state index contributed by atoms with van der Waals surface area (Å²) < 4.78 is 32.3. The van der Waals surface area contributed by atoms with Gasteiger partial charge in [0.05, 0.1) is 6.26 Å². The van der Waals surface area contributed by atoms with Crippen LogP contribution in [0, 0.1) is 0 Å². The fourth-order valence-electron chi connectivity index (χ4n) is 2.85. The van der Waals surface area contributed by atoms with Gasteiger partial charge >= 0.3 is 16.1 Å². The summed E-state index contributed by atoms with van der Waals surface area (Å²) in [7, 11) is -3.51. The molecule has 7 nitrogen and oxygen atoms in total. The van der Waals surface area contributed by atoms with Crippen LogP contribution < -0.4 is 9.50 Å². The number of hydrogen-bond donors (Lipinski definition) is 2. The van der Waals surface area contributed by atoms with Gasteiger partial charge in [0.1, 0.15) is 5.75 Å². The first-order valence-corrected chi connectivity index (χ1v) is 11.2. The maximum Gasteiger partial charge on any atom is 0.333 e. The Bertz CT molecular complexity index is 896. The first-order valence-electron chi connectivity index (χ1n) is 9.42. The van der Waals surface area contributed by atoms with Crippen molar-refractivity contribution in [3.05, 3.63) is 59.7 Å². The lowest BCUT2D eigenvalue weighted by Crippen LogP contribution is -2.26. The third-order valence-electron chi connectivity index (χ3n) is 4.13. The molecule has 29 heavy (non-hydrogen) atoms. The average molecular weight is 422 g/mol. The van der Waals surface area contributed by atoms with E-state index in [4.69, 9.17) is 8.92 Å². The number of ether oxygens (including phenoxy) is 1. The van der Waals surface area contributed by atoms with E-state index >= 15 is 0 Å². The molecular weight excluding hydrogens is 394 g/mol. The quantitative estimate of drug-likeness (QED) is 0.401. The number of rotatable bonds is 12. The highest BCUT2D eigenvalue weighted by molar-refractivity contribution is 7.86. The van der Waals surface area contributed by atoms with Gasteiger partial charge in [0.25, 0.3) is 0 Å². The molecule has 2 aromatic carbocycles. The molecule has 0 spiro atoms. The Morgan fingerprint density at radius 3 is 2.48 bits per heavy atom. The van der Waals surface area contributed by atoms with E-state index in [2.05, 4.69) is 5.32 Å². The van der Waals surface area contributed by atoms with Crippen LogP contribution in [0.2, 0.25) is 0 Å². The zero-order valence-corrected chi connectivity index (χ0v) is 17.4. The summed E-state index contributed by atoms with van der Waals surface area (Å²) in [4.78, 5) is 11.2. The van der Waals surface area contributed by atoms with Crippen molar-refractivity contribution in [3.8, 4) is 5.75 Å². The zero-order valence-electron chi connectivity index (χ0n) is 16.6. The molecule has 0 radical (unpaired) electrons. The van der Waals surface area contributed by atoms with Crippen LogP contribution in [0.25, 0.3) is 0 Å². The maximum absolute atomic E-state index is 11.2. The van der Waals surface area contributed by atoms with Crippen molar-refractivity contribution < 1.29 is 27.2 Å². The van der Waals surface area contributed by atoms with E-state index in [-0.39, 0.29) is 0 Å². The normalized spacial score (nSPS) is 12.3. The van der Waals surface area contributed by atoms with Crippen LogP contribution in [-0.2, 0) is 32.5 Å². The standard InChI is InChI=1S/C21H27NO6S/c1-3-27-20(21(23)24)15-17-6-4-8-18(14-17)22-13-5-7-16-9-11-19(12-10-16)28-29(2,25)26/h4,6,8-12,14,20,22H,3,5,7,13,15H2,1-2H3,(H,23,24). The molecule has 0 bridgehead atoms. The van der Waals surface area contributed by atoms with E-state index in [1.54, 1.807) is 19.1 Å². The molecule has 0 saturated heterocycles. The molecule has 2 N–H and O–H groups in total. The highest BCUT2D eigenvalue weighted by Crippen LogP contribution is 2.16. The largest absolute Gasteiger partial charge is 0.479 e. The SMILES string of the molecule is CCOC(Cc1cccc(NCCCc2ccc(OS(C)(=O)=O)cc2)c1)C(=O)O. The average Bonchev–Trinajstić information content (AvgIpc) is 2.65. The van der Waals surface area contributed by atoms with E-state index in [0.29, 0.717) is 18.8 Å². The Morgan fingerprint density at radius 1 is 1.14 bits per heavy atom. The van der Waals surface area contributed by atoms with E-state index in [0.717, 1.165) is 42.5 Å². The lowest BCUT2D eigenvalue weighted by atomic mass is 10.1. The zero-order chi connectivity index (χ0) is 21.3. The molecule has 0 amide bonds. The minimum atomic E-state index is -3.51. The van der Waals surface area contributed by atoms with Gasteiger partial charge in [-0.2, -0.15) is 8.42 Å². The highest BCUT2D eigenvalue weighted by Gasteiger charge is 2.17. The van der Waals surface area contributed by atoms with Crippen LogP contribution >= 0.6 is 0 Å². The molecule has 0 aliphatic carbocycles. The lowest BCUT2D eigenvalue weighted by Gasteiger charge is -2.13. The van der Waals surface area contributed by atoms with Gasteiger partial charge in [-0.05, 0) is 55.2 Å². The van der Waals surface area contributed by atoms with Gasteiger partial charge in [0.2, 0.25) is 0 Å². The van der Waals surface area contributed by atoms with Crippen LogP contribution in [0.3, 0.4) is 0 Å². The Labute approximate surface area is 171 Å². The second-order valence-electron chi connectivity index (χ2n) is 6.65. The molecule has 2 aromatic rings. The number of anilines is 1. The van der Waals surface area contributed by atoms with Gasteiger partial charge in [0, 0.05) is 25.3 Å². The third kappa shape index (κ3) is 8.53. The van der Waals surface area contributed by atoms with Gasteiger partial charge in [-0.3, -0.25) is 0 Å². The van der Waals surface area contributed by atoms with E-state index in [1.165, 1.54) is 0 Å². The summed E-state index contributed by atoms with van der Waals surface area (Å²) >= 11 is 0. The summed E-state index contributed by atoms with van der Waals surface area (Å²) in [5.41, 5.74) is 2.92. The van der Waals surface area contributed by atoms with Crippen LogP contribution in [0.4, 0.5) is 5.69 Å². The van der Waals surface area contributed by atoms with Crippen LogP contribution in [0.5, 0.6) is 5.75 Å². The molecule has 1 unspecified atom stereocenters. The molecule has 0 heterocycles. The summed E-state index contributed by atoms with van der Waals surface area (Å²) in [5.74, 6) is -0.656. The molecule has 0 aromatic heterocycles. The number of carboxylic acids is 1. The highest BCUT2D eigenvalue weighted by atomic mass is 32.2. The third-order valence-corrected chi connectivity index (χ3v) is 4.63. The predicted molar refractivity (Wildman–Crippen MR) is 112 cm³/mol. The first kappa shape index (κ1) is 22.7. The number of nitrogens with one attached hydrogen (secondary N) is 1. The summed E-state index contributed by atoms with van der Waals surface area (Å²) in [5, 5.41) is 12.6. The minimum absolute atomic E-state index is 0.304. The molecule has 0 aliphatic heterocycles. The fourth-order valence-corrected chi connectivity index (χ4v) is 3.31. The molecule has 0 saturated carbocycles. The van der Waals surface area contributed by atoms with Crippen molar-refractivity contribution >= 4 is 21.8 Å². The first-order chi connectivity index (χ1) is 13.8. The number of hydrogen-bond acceptors (Lipinski definition) is 6. The summed E-state index contributed by atoms with van der Waals surface area (Å²) in [6, 6.07) is 14.6. The van der Waals surface area contributed by atoms with E-state index < -0.39 is 22.2 Å². The smallest absolute Gasteiger partial charge is 0.333 e. The Kier molecular flexibility index (Phi) is 8.48. The van der Waals surface area contributed by atoms with Crippen molar-refractivity contribution in [1.82, 2.24) is 0 Å². The van der Waals surface area contributed by atoms with Gasteiger partial charge in [-0.15, -0.1) is 0 Å². The van der Waals surface area contributed by atoms with Gasteiger partial charge in [-0.25, -0.2) is 4.79 Å². The van der Waals surface area contributed by atoms with Crippen molar-refractivity contribution in [2.24, 2.45) is 0 Å². The second-order valence-corrected chi connectivity index (χ2v) is 8.22. The molecule has 8 heteroatoms. The van der Waals surface area contributed by atoms with Gasteiger partial charge < -0.3 is 19.3 Å². The summed E-state index contributed by atoms with van der Waals surface area (Å²) in [6.07, 6.45) is 2.20. The number of aliphatic carboxylic acids is 1. The van der Waals surface area contributed by atoms with Crippen molar-refractivity contribution in [3.63, 3.8) is 0 Å². The van der Waals surface area contributed by atoms with Crippen molar-refractivity contribution in [2.45, 2.75) is 32.3 Å². The number of aryl methyl sites for hydroxylation is 1. The Morgan fingerprint density at radius 2 is 1.86 bits per heavy atom. The molecule has 2 rings (SSSR count). The Hall–Kier alpha value is -2.58. The van der Waals surface area contributed by atoms with Crippen molar-refractivity contribution in [2.75, 3.05) is 24.7 Å². The molecule has 158 valence electrons.